The molecule has 0 saturated carbocycles. The molecule has 0 radical (unpaired) electrons. The zero-order valence-electron chi connectivity index (χ0n) is 8.99. The molecule has 1 rings (SSSR count). The Bertz CT molecular complexity index is 247. The average Bonchev–Trinajstić information content (AvgIpc) is 2.58. The molecule has 0 aliphatic rings. The highest BCUT2D eigenvalue weighted by Crippen LogP contribution is 1.99. The SMILES string of the molecule is COCCNCCCc1cnn(C)c1. The number of aryl methyl sites for hydroxylation is 2. The van der Waals surface area contributed by atoms with Crippen LogP contribution in [0.25, 0.3) is 0 Å². The predicted molar refractivity (Wildman–Crippen MR) is 56.3 cm³/mol. The van der Waals surface area contributed by atoms with E-state index in [1.807, 2.05) is 17.9 Å². The molecule has 4 heteroatoms. The summed E-state index contributed by atoms with van der Waals surface area (Å²) in [6.07, 6.45) is 6.23. The van der Waals surface area contributed by atoms with Gasteiger partial charge in [-0.15, -0.1) is 0 Å². The van der Waals surface area contributed by atoms with Crippen LogP contribution >= 0.6 is 0 Å². The van der Waals surface area contributed by atoms with Crippen molar-refractivity contribution in [2.24, 2.45) is 7.05 Å². The van der Waals surface area contributed by atoms with Gasteiger partial charge in [-0.3, -0.25) is 4.68 Å². The fourth-order valence-corrected chi connectivity index (χ4v) is 1.32. The Hall–Kier alpha value is -0.870. The van der Waals surface area contributed by atoms with Gasteiger partial charge >= 0.3 is 0 Å². The van der Waals surface area contributed by atoms with Gasteiger partial charge in [0.25, 0.3) is 0 Å². The number of nitrogens with one attached hydrogen (secondary N) is 1. The molecule has 0 aliphatic heterocycles. The van der Waals surface area contributed by atoms with Crippen LogP contribution in [0.5, 0.6) is 0 Å². The van der Waals surface area contributed by atoms with Crippen molar-refractivity contribution in [1.82, 2.24) is 15.1 Å². The zero-order valence-corrected chi connectivity index (χ0v) is 8.99. The maximum atomic E-state index is 4.93. The van der Waals surface area contributed by atoms with Crippen molar-refractivity contribution in [2.45, 2.75) is 12.8 Å². The van der Waals surface area contributed by atoms with Crippen molar-refractivity contribution in [3.05, 3.63) is 18.0 Å². The van der Waals surface area contributed by atoms with Crippen molar-refractivity contribution in [3.63, 3.8) is 0 Å². The Morgan fingerprint density at radius 1 is 1.50 bits per heavy atom. The number of rotatable bonds is 7. The van der Waals surface area contributed by atoms with E-state index < -0.39 is 0 Å². The van der Waals surface area contributed by atoms with Crippen LogP contribution in [0.2, 0.25) is 0 Å². The largest absolute Gasteiger partial charge is 0.383 e. The topological polar surface area (TPSA) is 39.1 Å². The standard InChI is InChI=1S/C10H19N3O/c1-13-9-10(8-12-13)4-3-5-11-6-7-14-2/h8-9,11H,3-7H2,1-2H3. The Balaban J connectivity index is 1.99. The van der Waals surface area contributed by atoms with E-state index in [0.29, 0.717) is 0 Å². The van der Waals surface area contributed by atoms with E-state index in [9.17, 15) is 0 Å². The van der Waals surface area contributed by atoms with Crippen LogP contribution in [0.4, 0.5) is 0 Å². The lowest BCUT2D eigenvalue weighted by Crippen LogP contribution is -2.20. The molecule has 0 aliphatic carbocycles. The Morgan fingerprint density at radius 2 is 2.36 bits per heavy atom. The Morgan fingerprint density at radius 3 is 3.00 bits per heavy atom. The minimum absolute atomic E-state index is 0.785. The highest BCUT2D eigenvalue weighted by Gasteiger charge is 1.95. The molecule has 1 aromatic heterocycles. The number of hydrogen-bond acceptors (Lipinski definition) is 3. The van der Waals surface area contributed by atoms with Crippen LogP contribution < -0.4 is 5.32 Å². The van der Waals surface area contributed by atoms with Crippen molar-refractivity contribution in [2.75, 3.05) is 26.8 Å². The highest BCUT2D eigenvalue weighted by molar-refractivity contribution is 5.03. The third kappa shape index (κ3) is 4.39. The summed E-state index contributed by atoms with van der Waals surface area (Å²) in [6, 6.07) is 0. The molecule has 14 heavy (non-hydrogen) atoms. The van der Waals surface area contributed by atoms with Crippen LogP contribution in [0.1, 0.15) is 12.0 Å². The summed E-state index contributed by atoms with van der Waals surface area (Å²) in [5.74, 6) is 0. The van der Waals surface area contributed by atoms with Gasteiger partial charge in [0.15, 0.2) is 0 Å². The molecule has 4 nitrogen and oxygen atoms in total. The molecule has 0 saturated heterocycles. The molecule has 1 aromatic rings. The first-order valence-electron chi connectivity index (χ1n) is 5.00. The molecule has 0 bridgehead atoms. The minimum atomic E-state index is 0.785. The normalized spacial score (nSPS) is 10.7. The molecule has 0 amide bonds. The van der Waals surface area contributed by atoms with Crippen molar-refractivity contribution in [3.8, 4) is 0 Å². The lowest BCUT2D eigenvalue weighted by molar-refractivity contribution is 0.199. The molecule has 80 valence electrons. The summed E-state index contributed by atoms with van der Waals surface area (Å²) in [7, 11) is 3.66. The second-order valence-corrected chi connectivity index (χ2v) is 3.37. The highest BCUT2D eigenvalue weighted by atomic mass is 16.5. The summed E-state index contributed by atoms with van der Waals surface area (Å²) in [6.45, 7) is 2.76. The zero-order chi connectivity index (χ0) is 10.2. The van der Waals surface area contributed by atoms with Gasteiger partial charge in [0.2, 0.25) is 0 Å². The van der Waals surface area contributed by atoms with E-state index in [0.717, 1.165) is 32.5 Å². The van der Waals surface area contributed by atoms with Crippen LogP contribution in [-0.4, -0.2) is 36.6 Å². The second kappa shape index (κ2) is 6.56. The van der Waals surface area contributed by atoms with Crippen LogP contribution in [0.3, 0.4) is 0 Å². The average molecular weight is 197 g/mol. The number of methoxy groups -OCH3 is 1. The predicted octanol–water partition coefficient (Wildman–Crippen LogP) is 0.589. The molecule has 0 unspecified atom stereocenters. The second-order valence-electron chi connectivity index (χ2n) is 3.37. The van der Waals surface area contributed by atoms with Crippen LogP contribution in [-0.2, 0) is 18.2 Å². The number of ether oxygens (including phenoxy) is 1. The van der Waals surface area contributed by atoms with E-state index in [1.54, 1.807) is 7.11 Å². The fraction of sp³-hybridized carbons (Fsp3) is 0.700. The van der Waals surface area contributed by atoms with Gasteiger partial charge in [-0.25, -0.2) is 0 Å². The maximum Gasteiger partial charge on any atom is 0.0587 e. The third-order valence-electron chi connectivity index (χ3n) is 2.06. The maximum absolute atomic E-state index is 4.93. The first-order valence-corrected chi connectivity index (χ1v) is 5.00. The molecule has 0 spiro atoms. The first-order chi connectivity index (χ1) is 6.83. The fourth-order valence-electron chi connectivity index (χ4n) is 1.32. The van der Waals surface area contributed by atoms with E-state index in [2.05, 4.69) is 16.6 Å². The monoisotopic (exact) mass is 197 g/mol. The summed E-state index contributed by atoms with van der Waals surface area (Å²) < 4.78 is 6.78. The van der Waals surface area contributed by atoms with Crippen LogP contribution in [0.15, 0.2) is 12.4 Å². The number of nitrogens with zero attached hydrogens (tertiary/aromatic N) is 2. The molecule has 0 aromatic carbocycles. The van der Waals surface area contributed by atoms with Gasteiger partial charge in [0, 0.05) is 26.9 Å². The molecule has 1 N–H and O–H groups in total. The van der Waals surface area contributed by atoms with E-state index in [4.69, 9.17) is 4.74 Å². The molecule has 1 heterocycles. The summed E-state index contributed by atoms with van der Waals surface area (Å²) in [4.78, 5) is 0. The summed E-state index contributed by atoms with van der Waals surface area (Å²) in [5, 5.41) is 7.43. The lowest BCUT2D eigenvalue weighted by atomic mass is 10.2. The van der Waals surface area contributed by atoms with E-state index >= 15 is 0 Å². The quantitative estimate of drug-likeness (QED) is 0.650. The molecular formula is C10H19N3O. The third-order valence-corrected chi connectivity index (χ3v) is 2.06. The van der Waals surface area contributed by atoms with E-state index in [-0.39, 0.29) is 0 Å². The Kier molecular flexibility index (Phi) is 5.25. The van der Waals surface area contributed by atoms with Gasteiger partial charge in [0.1, 0.15) is 0 Å². The van der Waals surface area contributed by atoms with E-state index in [1.165, 1.54) is 5.56 Å². The number of aromatic nitrogens is 2. The van der Waals surface area contributed by atoms with Gasteiger partial charge < -0.3 is 10.1 Å². The smallest absolute Gasteiger partial charge is 0.0587 e. The van der Waals surface area contributed by atoms with Crippen molar-refractivity contribution >= 4 is 0 Å². The van der Waals surface area contributed by atoms with Gasteiger partial charge in [-0.1, -0.05) is 0 Å². The molecule has 0 atom stereocenters. The van der Waals surface area contributed by atoms with Crippen LogP contribution in [0, 0.1) is 0 Å². The Labute approximate surface area is 85.3 Å². The van der Waals surface area contributed by atoms with Gasteiger partial charge in [0.05, 0.1) is 12.8 Å². The lowest BCUT2D eigenvalue weighted by Gasteiger charge is -2.02. The van der Waals surface area contributed by atoms with Gasteiger partial charge in [-0.2, -0.15) is 5.10 Å². The summed E-state index contributed by atoms with van der Waals surface area (Å²) in [5.41, 5.74) is 1.31. The number of hydrogen-bond donors (Lipinski definition) is 1. The van der Waals surface area contributed by atoms with Crippen molar-refractivity contribution in [1.29, 1.82) is 0 Å². The molecule has 0 fully saturated rings. The first kappa shape index (κ1) is 11.2. The minimum Gasteiger partial charge on any atom is -0.383 e. The van der Waals surface area contributed by atoms with Crippen molar-refractivity contribution < 1.29 is 4.74 Å². The summed E-state index contributed by atoms with van der Waals surface area (Å²) >= 11 is 0. The molecular weight excluding hydrogens is 178 g/mol. The van der Waals surface area contributed by atoms with Gasteiger partial charge in [-0.05, 0) is 24.9 Å².